The molecule has 5 rings (SSSR count). The van der Waals surface area contributed by atoms with Gasteiger partial charge in [-0.1, -0.05) is 51.5 Å². The number of hydrogen-bond donors (Lipinski definition) is 2. The van der Waals surface area contributed by atoms with Crippen LogP contribution >= 0.6 is 0 Å². The minimum absolute atomic E-state index is 0.00713. The van der Waals surface area contributed by atoms with Gasteiger partial charge in [-0.15, -0.1) is 0 Å². The normalized spacial score (nSPS) is 42.6. The lowest BCUT2D eigenvalue weighted by atomic mass is 9.37. The van der Waals surface area contributed by atoms with Gasteiger partial charge in [-0.25, -0.2) is 0 Å². The summed E-state index contributed by atoms with van der Waals surface area (Å²) in [6, 6.07) is 1.80. The molecule has 0 amide bonds. The zero-order valence-electron chi connectivity index (χ0n) is 21.8. The fraction of sp³-hybridized carbons (Fsp3) is 0.633. The molecule has 34 heavy (non-hydrogen) atoms. The van der Waals surface area contributed by atoms with Crippen LogP contribution in [0.25, 0.3) is 6.08 Å². The molecule has 4 aliphatic rings. The standard InChI is InChI=1S/C30H40O4/c1-18-19-8-11-30(6)22-9-10-26(2)12-13-27(3,25(33)34-7)17-23(26)28(22,4)14-15-29(30,5)20(19)16-21(31)24(18)32/h8-9,11,16,23,31-32H,10,12-15,17H2,1-7H3/t23?,26?,27-,28-,29?,30?/m1/s1. The van der Waals surface area contributed by atoms with Gasteiger partial charge in [0.05, 0.1) is 12.5 Å². The van der Waals surface area contributed by atoms with E-state index >= 15 is 0 Å². The number of benzene rings is 1. The molecular formula is C30H40O4. The predicted octanol–water partition coefficient (Wildman–Crippen LogP) is 6.81. The fourth-order valence-corrected chi connectivity index (χ4v) is 8.56. The fourth-order valence-electron chi connectivity index (χ4n) is 8.56. The minimum Gasteiger partial charge on any atom is -0.504 e. The van der Waals surface area contributed by atoms with Gasteiger partial charge in [0.15, 0.2) is 11.5 Å². The third-order valence-electron chi connectivity index (χ3n) is 11.2. The van der Waals surface area contributed by atoms with Crippen molar-refractivity contribution in [3.63, 3.8) is 0 Å². The number of ether oxygens (including phenoxy) is 1. The lowest BCUT2D eigenvalue weighted by Gasteiger charge is -2.66. The van der Waals surface area contributed by atoms with Crippen molar-refractivity contribution in [1.29, 1.82) is 0 Å². The quantitative estimate of drug-likeness (QED) is 0.272. The Balaban J connectivity index is 1.64. The number of allylic oxidation sites excluding steroid dienone is 3. The molecular weight excluding hydrogens is 424 g/mol. The van der Waals surface area contributed by atoms with Crippen LogP contribution < -0.4 is 0 Å². The Labute approximate surface area is 204 Å². The van der Waals surface area contributed by atoms with Gasteiger partial charge in [-0.2, -0.15) is 0 Å². The van der Waals surface area contributed by atoms with Crippen molar-refractivity contribution in [2.45, 2.75) is 85.5 Å². The van der Waals surface area contributed by atoms with Crippen molar-refractivity contribution in [3.8, 4) is 11.5 Å². The van der Waals surface area contributed by atoms with Crippen molar-refractivity contribution < 1.29 is 19.7 Å². The van der Waals surface area contributed by atoms with Gasteiger partial charge >= 0.3 is 5.97 Å². The second kappa shape index (κ2) is 6.92. The number of phenolic OH excluding ortho intramolecular Hbond substituents is 2. The van der Waals surface area contributed by atoms with Gasteiger partial charge in [0.1, 0.15) is 0 Å². The van der Waals surface area contributed by atoms with Crippen molar-refractivity contribution in [3.05, 3.63) is 40.5 Å². The van der Waals surface area contributed by atoms with Gasteiger partial charge in [0, 0.05) is 16.4 Å². The summed E-state index contributed by atoms with van der Waals surface area (Å²) in [5.41, 5.74) is 3.75. The van der Waals surface area contributed by atoms with Gasteiger partial charge in [-0.05, 0) is 86.3 Å². The molecule has 2 saturated carbocycles. The molecule has 0 bridgehead atoms. The molecule has 0 spiro atoms. The predicted molar refractivity (Wildman–Crippen MR) is 135 cm³/mol. The molecule has 0 aromatic heterocycles. The second-order valence-corrected chi connectivity index (χ2v) is 12.9. The first-order chi connectivity index (χ1) is 15.8. The lowest BCUT2D eigenvalue weighted by molar-refractivity contribution is -0.161. The van der Waals surface area contributed by atoms with E-state index in [9.17, 15) is 15.0 Å². The van der Waals surface area contributed by atoms with E-state index in [-0.39, 0.29) is 39.1 Å². The Bertz CT molecular complexity index is 1150. The van der Waals surface area contributed by atoms with E-state index in [0.29, 0.717) is 5.92 Å². The number of rotatable bonds is 1. The molecule has 2 N–H and O–H groups in total. The number of carbonyl (C=O) groups excluding carboxylic acids is 1. The van der Waals surface area contributed by atoms with Crippen LogP contribution in [0, 0.1) is 34.5 Å². The van der Waals surface area contributed by atoms with E-state index in [4.69, 9.17) is 4.74 Å². The first-order valence-electron chi connectivity index (χ1n) is 12.8. The SMILES string of the molecule is COC(=O)[C@]1(C)CCC2(C)CC=C3C4(C)C=Cc5c(cc(O)c(O)c5C)C4(C)CC[C@@]3(C)C2C1. The van der Waals surface area contributed by atoms with Crippen molar-refractivity contribution >= 4 is 12.0 Å². The number of carbonyl (C=O) groups is 1. The number of hydrogen-bond acceptors (Lipinski definition) is 4. The molecule has 0 aliphatic heterocycles. The molecule has 6 atom stereocenters. The van der Waals surface area contributed by atoms with Crippen LogP contribution in [0.15, 0.2) is 23.8 Å². The number of fused-ring (bicyclic) bond motifs is 7. The number of phenols is 2. The molecule has 4 unspecified atom stereocenters. The summed E-state index contributed by atoms with van der Waals surface area (Å²) in [4.78, 5) is 12.8. The van der Waals surface area contributed by atoms with Gasteiger partial charge in [0.2, 0.25) is 0 Å². The van der Waals surface area contributed by atoms with E-state index in [1.165, 1.54) is 12.7 Å². The third-order valence-corrected chi connectivity index (χ3v) is 11.2. The van der Waals surface area contributed by atoms with Crippen molar-refractivity contribution in [2.75, 3.05) is 7.11 Å². The number of esters is 1. The maximum Gasteiger partial charge on any atom is 0.311 e. The van der Waals surface area contributed by atoms with Gasteiger partial charge in [0.25, 0.3) is 0 Å². The smallest absolute Gasteiger partial charge is 0.311 e. The molecule has 0 heterocycles. The van der Waals surface area contributed by atoms with Crippen LogP contribution in [0.5, 0.6) is 11.5 Å². The second-order valence-electron chi connectivity index (χ2n) is 12.9. The summed E-state index contributed by atoms with van der Waals surface area (Å²) in [7, 11) is 1.52. The largest absolute Gasteiger partial charge is 0.504 e. The summed E-state index contributed by atoms with van der Waals surface area (Å²) in [5, 5.41) is 20.9. The van der Waals surface area contributed by atoms with Crippen LogP contribution in [-0.4, -0.2) is 23.3 Å². The molecule has 0 saturated heterocycles. The third kappa shape index (κ3) is 2.69. The first-order valence-corrected chi connectivity index (χ1v) is 12.8. The molecule has 2 fully saturated rings. The van der Waals surface area contributed by atoms with Crippen LogP contribution in [0.2, 0.25) is 0 Å². The van der Waals surface area contributed by atoms with Crippen LogP contribution in [-0.2, 0) is 14.9 Å². The molecule has 4 aliphatic carbocycles. The summed E-state index contributed by atoms with van der Waals surface area (Å²) < 4.78 is 5.26. The number of aromatic hydroxyl groups is 2. The highest BCUT2D eigenvalue weighted by molar-refractivity contribution is 5.76. The average Bonchev–Trinajstić information content (AvgIpc) is 2.79. The highest BCUT2D eigenvalue weighted by atomic mass is 16.5. The molecule has 4 heteroatoms. The van der Waals surface area contributed by atoms with E-state index < -0.39 is 5.41 Å². The number of methoxy groups -OCH3 is 1. The Hall–Kier alpha value is -2.23. The molecule has 1 aromatic carbocycles. The van der Waals surface area contributed by atoms with E-state index in [1.807, 2.05) is 6.92 Å². The van der Waals surface area contributed by atoms with Gasteiger partial charge < -0.3 is 14.9 Å². The summed E-state index contributed by atoms with van der Waals surface area (Å²) in [5.74, 6) is 0.283. The maximum absolute atomic E-state index is 12.8. The average molecular weight is 465 g/mol. The van der Waals surface area contributed by atoms with Crippen molar-refractivity contribution in [1.82, 2.24) is 0 Å². The Morgan fingerprint density at radius 2 is 1.76 bits per heavy atom. The highest BCUT2D eigenvalue weighted by Gasteiger charge is 2.64. The summed E-state index contributed by atoms with van der Waals surface area (Å²) in [6.07, 6.45) is 12.9. The summed E-state index contributed by atoms with van der Waals surface area (Å²) in [6.45, 7) is 13.6. The van der Waals surface area contributed by atoms with Crippen LogP contribution in [0.4, 0.5) is 0 Å². The molecule has 1 aromatic rings. The Kier molecular flexibility index (Phi) is 4.79. The molecule has 0 radical (unpaired) electrons. The van der Waals surface area contributed by atoms with E-state index in [0.717, 1.165) is 55.2 Å². The Morgan fingerprint density at radius 1 is 1.06 bits per heavy atom. The lowest BCUT2D eigenvalue weighted by Crippen LogP contribution is -2.59. The highest BCUT2D eigenvalue weighted by Crippen LogP contribution is 2.72. The maximum atomic E-state index is 12.8. The minimum atomic E-state index is -0.429. The van der Waals surface area contributed by atoms with E-state index in [2.05, 4.69) is 52.8 Å². The monoisotopic (exact) mass is 464 g/mol. The van der Waals surface area contributed by atoms with Crippen LogP contribution in [0.3, 0.4) is 0 Å². The topological polar surface area (TPSA) is 66.8 Å². The molecule has 184 valence electrons. The van der Waals surface area contributed by atoms with Crippen molar-refractivity contribution in [2.24, 2.45) is 27.6 Å². The first kappa shape index (κ1) is 23.5. The van der Waals surface area contributed by atoms with Crippen LogP contribution in [0.1, 0.15) is 89.8 Å². The molecule has 4 nitrogen and oxygen atoms in total. The Morgan fingerprint density at radius 3 is 2.44 bits per heavy atom. The van der Waals surface area contributed by atoms with E-state index in [1.54, 1.807) is 6.07 Å². The zero-order chi connectivity index (χ0) is 24.9. The van der Waals surface area contributed by atoms with Gasteiger partial charge in [-0.3, -0.25) is 4.79 Å². The summed E-state index contributed by atoms with van der Waals surface area (Å²) >= 11 is 0. The zero-order valence-corrected chi connectivity index (χ0v) is 21.8.